The van der Waals surface area contributed by atoms with Crippen molar-refractivity contribution in [2.45, 2.75) is 54.0 Å². The maximum Gasteiger partial charge on any atom is 0.278 e. The molecule has 1 heterocycles. The second kappa shape index (κ2) is 12.8. The third-order valence-corrected chi connectivity index (χ3v) is 4.26. The molecule has 0 fully saturated rings. The van der Waals surface area contributed by atoms with Crippen molar-refractivity contribution >= 4 is 17.3 Å². The van der Waals surface area contributed by atoms with Crippen LogP contribution in [0.2, 0.25) is 0 Å². The summed E-state index contributed by atoms with van der Waals surface area (Å²) in [7, 11) is 0. The van der Waals surface area contributed by atoms with Crippen molar-refractivity contribution in [2.75, 3.05) is 18.5 Å². The number of aliphatic hydroxyl groups excluding tert-OH is 1. The number of aliphatic hydroxyl groups is 1. The lowest BCUT2D eigenvalue weighted by Gasteiger charge is -2.19. The fraction of sp³-hybridized carbons (Fsp3) is 0.455. The lowest BCUT2D eigenvalue weighted by atomic mass is 10.1. The first-order valence-corrected chi connectivity index (χ1v) is 10.3. The van der Waals surface area contributed by atoms with Gasteiger partial charge in [-0.2, -0.15) is 0 Å². The number of hydrogen-bond acceptors (Lipinski definition) is 5. The Morgan fingerprint density at radius 1 is 1.20 bits per heavy atom. The van der Waals surface area contributed by atoms with Gasteiger partial charge in [-0.05, 0) is 44.4 Å². The van der Waals surface area contributed by atoms with Crippen LogP contribution >= 0.6 is 0 Å². The quantitative estimate of drug-likeness (QED) is 0.424. The van der Waals surface area contributed by atoms with E-state index in [1.807, 2.05) is 27.7 Å². The number of carbonyl (C=O) groups excluding carboxylic acids is 1. The maximum absolute atomic E-state index is 14.3. The second-order valence-corrected chi connectivity index (χ2v) is 6.28. The number of hydroxylamine groups is 1. The Kier molecular flexibility index (Phi) is 10.8. The molecular weight excluding hydrogens is 389 g/mol. The molecule has 0 saturated carbocycles. The van der Waals surface area contributed by atoms with Crippen molar-refractivity contribution in [3.63, 3.8) is 0 Å². The molecular formula is C22H32FN3O4. The predicted octanol–water partition coefficient (Wildman–Crippen LogP) is 3.69. The van der Waals surface area contributed by atoms with E-state index in [2.05, 4.69) is 10.8 Å². The van der Waals surface area contributed by atoms with E-state index >= 15 is 0 Å². The monoisotopic (exact) mass is 421 g/mol. The van der Waals surface area contributed by atoms with Gasteiger partial charge in [-0.1, -0.05) is 26.8 Å². The van der Waals surface area contributed by atoms with Crippen molar-refractivity contribution in [1.29, 1.82) is 0 Å². The van der Waals surface area contributed by atoms with E-state index in [0.29, 0.717) is 25.1 Å². The van der Waals surface area contributed by atoms with Crippen LogP contribution in [-0.4, -0.2) is 28.8 Å². The van der Waals surface area contributed by atoms with Gasteiger partial charge >= 0.3 is 0 Å². The average Bonchev–Trinajstić information content (AvgIpc) is 2.74. The fourth-order valence-corrected chi connectivity index (χ4v) is 2.93. The highest BCUT2D eigenvalue weighted by molar-refractivity contribution is 6.00. The highest BCUT2D eigenvalue weighted by Crippen LogP contribution is 2.25. The molecule has 0 unspecified atom stereocenters. The summed E-state index contributed by atoms with van der Waals surface area (Å²) in [6.45, 7) is 9.90. The lowest BCUT2D eigenvalue weighted by molar-refractivity contribution is 0.0261. The minimum Gasteiger partial charge on any atom is -0.396 e. The Labute approximate surface area is 176 Å². The van der Waals surface area contributed by atoms with E-state index in [1.54, 1.807) is 19.1 Å². The van der Waals surface area contributed by atoms with Gasteiger partial charge in [0.1, 0.15) is 5.82 Å². The Morgan fingerprint density at radius 2 is 1.90 bits per heavy atom. The molecule has 0 aliphatic heterocycles. The molecule has 8 heteroatoms. The van der Waals surface area contributed by atoms with Crippen LogP contribution in [0.5, 0.6) is 0 Å². The van der Waals surface area contributed by atoms with Gasteiger partial charge in [0.15, 0.2) is 0 Å². The average molecular weight is 422 g/mol. The van der Waals surface area contributed by atoms with E-state index in [1.165, 1.54) is 16.7 Å². The zero-order valence-corrected chi connectivity index (χ0v) is 18.3. The smallest absolute Gasteiger partial charge is 0.278 e. The van der Waals surface area contributed by atoms with E-state index in [0.717, 1.165) is 5.56 Å². The summed E-state index contributed by atoms with van der Waals surface area (Å²) < 4.78 is 15.8. The normalized spacial score (nSPS) is 10.2. The molecule has 0 radical (unpaired) electrons. The van der Waals surface area contributed by atoms with E-state index in [9.17, 15) is 14.0 Å². The van der Waals surface area contributed by atoms with E-state index in [4.69, 9.17) is 9.94 Å². The highest BCUT2D eigenvalue weighted by atomic mass is 19.1. The van der Waals surface area contributed by atoms with Crippen LogP contribution in [-0.2, 0) is 17.8 Å². The SMILES string of the molecule is CC.CCc1c(C(=O)NOCCCO)c(Nc2ccc(C)cc2F)cc(=O)n1CC. The van der Waals surface area contributed by atoms with Crippen molar-refractivity contribution in [1.82, 2.24) is 10.0 Å². The van der Waals surface area contributed by atoms with Gasteiger partial charge in [-0.25, -0.2) is 9.87 Å². The Hall–Kier alpha value is -2.71. The minimum atomic E-state index is -0.549. The number of anilines is 2. The van der Waals surface area contributed by atoms with Crippen molar-refractivity contribution < 1.29 is 19.1 Å². The summed E-state index contributed by atoms with van der Waals surface area (Å²) in [4.78, 5) is 30.4. The summed E-state index contributed by atoms with van der Waals surface area (Å²) in [5.74, 6) is -1.03. The van der Waals surface area contributed by atoms with Crippen molar-refractivity contribution in [2.24, 2.45) is 0 Å². The molecule has 2 aromatic rings. The van der Waals surface area contributed by atoms with Gasteiger partial charge in [0.2, 0.25) is 0 Å². The first-order chi connectivity index (χ1) is 14.4. The predicted molar refractivity (Wildman–Crippen MR) is 117 cm³/mol. The number of rotatable bonds is 9. The zero-order valence-electron chi connectivity index (χ0n) is 18.3. The van der Waals surface area contributed by atoms with Crippen LogP contribution < -0.4 is 16.4 Å². The molecule has 7 nitrogen and oxygen atoms in total. The van der Waals surface area contributed by atoms with Gasteiger partial charge < -0.3 is 15.0 Å². The van der Waals surface area contributed by atoms with Gasteiger partial charge in [-0.3, -0.25) is 14.4 Å². The standard InChI is InChI=1S/C20H26FN3O4.C2H6/c1-4-17-19(20(27)23-28-10-6-9-25)16(12-18(26)24(17)5-2)22-15-8-7-13(3)11-14(15)21;1-2/h7-8,11-12,22,25H,4-6,9-10H2,1-3H3,(H,23,27);1-2H3. The number of nitrogens with one attached hydrogen (secondary N) is 2. The molecule has 3 N–H and O–H groups in total. The van der Waals surface area contributed by atoms with E-state index in [-0.39, 0.29) is 35.7 Å². The van der Waals surface area contributed by atoms with Gasteiger partial charge in [0.25, 0.3) is 11.5 Å². The van der Waals surface area contributed by atoms with Crippen LogP contribution in [0.3, 0.4) is 0 Å². The molecule has 0 saturated heterocycles. The first-order valence-electron chi connectivity index (χ1n) is 10.3. The van der Waals surface area contributed by atoms with Crippen LogP contribution in [0.1, 0.15) is 55.7 Å². The summed E-state index contributed by atoms with van der Waals surface area (Å²) >= 11 is 0. The van der Waals surface area contributed by atoms with Crippen molar-refractivity contribution in [3.8, 4) is 0 Å². The third kappa shape index (κ3) is 6.40. The largest absolute Gasteiger partial charge is 0.396 e. The number of halogens is 1. The molecule has 0 spiro atoms. The molecule has 1 amide bonds. The highest BCUT2D eigenvalue weighted by Gasteiger charge is 2.21. The Morgan fingerprint density at radius 3 is 2.47 bits per heavy atom. The van der Waals surface area contributed by atoms with Crippen LogP contribution in [0, 0.1) is 12.7 Å². The van der Waals surface area contributed by atoms with E-state index < -0.39 is 11.7 Å². The number of carbonyl (C=O) groups is 1. The third-order valence-electron chi connectivity index (χ3n) is 4.26. The summed E-state index contributed by atoms with van der Waals surface area (Å²) in [6.07, 6.45) is 0.795. The molecule has 2 rings (SSSR count). The lowest BCUT2D eigenvalue weighted by Crippen LogP contribution is -2.31. The first kappa shape index (κ1) is 25.3. The van der Waals surface area contributed by atoms with Crippen LogP contribution in [0.4, 0.5) is 15.8 Å². The fourth-order valence-electron chi connectivity index (χ4n) is 2.93. The molecule has 30 heavy (non-hydrogen) atoms. The number of pyridine rings is 1. The Bertz CT molecular complexity index is 897. The van der Waals surface area contributed by atoms with Gasteiger partial charge in [0, 0.05) is 24.9 Å². The Balaban J connectivity index is 0.00000218. The van der Waals surface area contributed by atoms with Gasteiger partial charge in [0.05, 0.1) is 23.5 Å². The zero-order chi connectivity index (χ0) is 22.7. The molecule has 0 aliphatic rings. The molecule has 0 aliphatic carbocycles. The summed E-state index contributed by atoms with van der Waals surface area (Å²) in [5, 5.41) is 11.7. The van der Waals surface area contributed by atoms with Crippen LogP contribution in [0.25, 0.3) is 0 Å². The number of nitrogens with zero attached hydrogens (tertiary/aromatic N) is 1. The molecule has 1 aromatic heterocycles. The molecule has 0 bridgehead atoms. The molecule has 166 valence electrons. The topological polar surface area (TPSA) is 92.6 Å². The summed E-state index contributed by atoms with van der Waals surface area (Å²) in [6, 6.07) is 5.94. The van der Waals surface area contributed by atoms with Crippen LogP contribution in [0.15, 0.2) is 29.1 Å². The molecule has 1 aromatic carbocycles. The van der Waals surface area contributed by atoms with Gasteiger partial charge in [-0.15, -0.1) is 0 Å². The maximum atomic E-state index is 14.3. The number of aryl methyl sites for hydroxylation is 1. The number of aromatic nitrogens is 1. The second-order valence-electron chi connectivity index (χ2n) is 6.28. The number of benzene rings is 1. The number of hydrogen-bond donors (Lipinski definition) is 3. The van der Waals surface area contributed by atoms with Crippen molar-refractivity contribution in [3.05, 3.63) is 57.3 Å². The summed E-state index contributed by atoms with van der Waals surface area (Å²) in [5.41, 5.74) is 3.91. The molecule has 0 atom stereocenters. The number of amides is 1. The minimum absolute atomic E-state index is 0.0592.